The Kier molecular flexibility index (Phi) is 7.29. The van der Waals surface area contributed by atoms with Gasteiger partial charge < -0.3 is 10.1 Å². The van der Waals surface area contributed by atoms with E-state index in [0.717, 1.165) is 16.0 Å². The molecule has 0 spiro atoms. The fourth-order valence-electron chi connectivity index (χ4n) is 5.81. The van der Waals surface area contributed by atoms with E-state index >= 15 is 0 Å². The minimum absolute atomic E-state index is 0.0547. The Morgan fingerprint density at radius 2 is 1.48 bits per heavy atom. The molecule has 1 amide bonds. The highest BCUT2D eigenvalue weighted by molar-refractivity contribution is 6.07. The minimum atomic E-state index is -5.15. The molecule has 6 rings (SSSR count). The first-order valence-corrected chi connectivity index (χ1v) is 13.6. The van der Waals surface area contributed by atoms with E-state index in [4.69, 9.17) is 4.74 Å². The lowest BCUT2D eigenvalue weighted by Gasteiger charge is -2.35. The lowest BCUT2D eigenvalue weighted by atomic mass is 9.78. The van der Waals surface area contributed by atoms with Crippen molar-refractivity contribution in [2.24, 2.45) is 0 Å². The van der Waals surface area contributed by atoms with E-state index < -0.39 is 18.1 Å². The predicted octanol–water partition coefficient (Wildman–Crippen LogP) is 7.73. The number of alkyl halides is 3. The zero-order valence-corrected chi connectivity index (χ0v) is 22.5. The van der Waals surface area contributed by atoms with Crippen LogP contribution in [0, 0.1) is 0 Å². The molecule has 5 nitrogen and oxygen atoms in total. The van der Waals surface area contributed by atoms with E-state index in [2.05, 4.69) is 5.32 Å². The van der Waals surface area contributed by atoms with Gasteiger partial charge in [-0.15, -0.1) is 0 Å². The van der Waals surface area contributed by atoms with E-state index in [0.29, 0.717) is 35.7 Å². The van der Waals surface area contributed by atoms with Gasteiger partial charge in [-0.25, -0.2) is 0 Å². The minimum Gasteiger partial charge on any atom is -0.489 e. The quantitative estimate of drug-likeness (QED) is 0.268. The standard InChI is InChI=1S/C34H27F3N2O3/c35-34(36,37)33(41)39-28-17-9-8-16-26(28)38-27-19-24(20-29(40)31(27)32(39)23-13-5-2-6-14-23)25-15-7-10-18-30(25)42-21-22-11-3-1-4-12-22/h1-18,24,32,38H,19-21H2/t24-,32+/m1/s1. The zero-order chi connectivity index (χ0) is 29.3. The van der Waals surface area contributed by atoms with E-state index in [9.17, 15) is 22.8 Å². The number of para-hydroxylation sites is 3. The maximum Gasteiger partial charge on any atom is 0.471 e. The number of allylic oxidation sites excluding steroid dienone is 1. The third-order valence-corrected chi connectivity index (χ3v) is 7.66. The summed E-state index contributed by atoms with van der Waals surface area (Å²) in [6.07, 6.45) is -4.75. The molecule has 0 saturated carbocycles. The second-order valence-electron chi connectivity index (χ2n) is 10.4. The number of anilines is 2. The maximum absolute atomic E-state index is 14.1. The molecule has 0 saturated heterocycles. The summed E-state index contributed by atoms with van der Waals surface area (Å²) in [7, 11) is 0. The molecule has 1 heterocycles. The number of hydrogen-bond acceptors (Lipinski definition) is 4. The summed E-state index contributed by atoms with van der Waals surface area (Å²) in [4.78, 5) is 27.8. The average Bonchev–Trinajstić information content (AvgIpc) is 3.15. The van der Waals surface area contributed by atoms with E-state index in [1.165, 1.54) is 6.07 Å². The Labute approximate surface area is 241 Å². The number of benzene rings is 4. The number of nitrogens with zero attached hydrogens (tertiary/aromatic N) is 1. The third-order valence-electron chi connectivity index (χ3n) is 7.66. The number of amides is 1. The highest BCUT2D eigenvalue weighted by atomic mass is 19.4. The number of ether oxygens (including phenoxy) is 1. The van der Waals surface area contributed by atoms with E-state index in [1.807, 2.05) is 54.6 Å². The number of fused-ring (bicyclic) bond motifs is 1. The Morgan fingerprint density at radius 3 is 2.21 bits per heavy atom. The van der Waals surface area contributed by atoms with Gasteiger partial charge in [-0.3, -0.25) is 14.5 Å². The Bertz CT molecular complexity index is 1650. The normalized spacial score (nSPS) is 18.5. The van der Waals surface area contributed by atoms with Gasteiger partial charge in [0.05, 0.1) is 17.4 Å². The van der Waals surface area contributed by atoms with Crippen LogP contribution in [0.15, 0.2) is 120 Å². The van der Waals surface area contributed by atoms with Crippen molar-refractivity contribution >= 4 is 23.1 Å². The number of hydrogen-bond donors (Lipinski definition) is 1. The summed E-state index contributed by atoms with van der Waals surface area (Å²) in [6.45, 7) is 0.350. The molecule has 0 aromatic heterocycles. The van der Waals surface area contributed by atoms with Crippen LogP contribution in [0.3, 0.4) is 0 Å². The molecular weight excluding hydrogens is 541 g/mol. The van der Waals surface area contributed by atoms with Crippen molar-refractivity contribution < 1.29 is 27.5 Å². The van der Waals surface area contributed by atoms with Crippen molar-refractivity contribution in [1.29, 1.82) is 0 Å². The SMILES string of the molecule is O=C1C[C@H](c2ccccc2OCc2ccccc2)CC2=C1[C@H](c1ccccc1)N(C(=O)C(F)(F)F)c1ccccc1N2. The molecule has 0 bridgehead atoms. The smallest absolute Gasteiger partial charge is 0.471 e. The molecule has 1 N–H and O–H groups in total. The maximum atomic E-state index is 14.1. The summed E-state index contributed by atoms with van der Waals surface area (Å²) in [6, 6.07) is 30.7. The van der Waals surface area contributed by atoms with Gasteiger partial charge in [-0.05, 0) is 41.3 Å². The Morgan fingerprint density at radius 1 is 0.833 bits per heavy atom. The highest BCUT2D eigenvalue weighted by Crippen LogP contribution is 2.49. The van der Waals surface area contributed by atoms with Gasteiger partial charge in [0, 0.05) is 23.6 Å². The molecule has 1 aliphatic heterocycles. The molecule has 2 aliphatic rings. The Balaban J connectivity index is 1.44. The predicted molar refractivity (Wildman–Crippen MR) is 154 cm³/mol. The third kappa shape index (κ3) is 5.28. The van der Waals surface area contributed by atoms with Crippen LogP contribution < -0.4 is 15.0 Å². The molecule has 0 unspecified atom stereocenters. The van der Waals surface area contributed by atoms with Crippen LogP contribution in [0.1, 0.15) is 41.5 Å². The second-order valence-corrected chi connectivity index (χ2v) is 10.4. The van der Waals surface area contributed by atoms with Crippen molar-refractivity contribution in [3.05, 3.63) is 137 Å². The summed E-state index contributed by atoms with van der Waals surface area (Å²) >= 11 is 0. The zero-order valence-electron chi connectivity index (χ0n) is 22.5. The number of Topliss-reactive ketones (excluding diaryl/α,β-unsaturated/α-hetero) is 1. The lowest BCUT2D eigenvalue weighted by Crippen LogP contribution is -2.45. The highest BCUT2D eigenvalue weighted by Gasteiger charge is 2.50. The van der Waals surface area contributed by atoms with Crippen LogP contribution in [0.4, 0.5) is 24.5 Å². The molecule has 4 aromatic rings. The summed E-state index contributed by atoms with van der Waals surface area (Å²) in [5, 5.41) is 3.26. The average molecular weight is 569 g/mol. The van der Waals surface area contributed by atoms with Crippen LogP contribution in [-0.2, 0) is 16.2 Å². The molecule has 4 aromatic carbocycles. The van der Waals surface area contributed by atoms with Gasteiger partial charge >= 0.3 is 12.1 Å². The van der Waals surface area contributed by atoms with Crippen LogP contribution in [0.5, 0.6) is 5.75 Å². The van der Waals surface area contributed by atoms with Crippen LogP contribution in [-0.4, -0.2) is 17.9 Å². The summed E-state index contributed by atoms with van der Waals surface area (Å²) in [5.41, 5.74) is 3.29. The number of carbonyl (C=O) groups is 2. The van der Waals surface area contributed by atoms with Gasteiger partial charge in [0.1, 0.15) is 12.4 Å². The van der Waals surface area contributed by atoms with Crippen LogP contribution in [0.25, 0.3) is 0 Å². The first kappa shape index (κ1) is 27.3. The molecule has 42 heavy (non-hydrogen) atoms. The van der Waals surface area contributed by atoms with E-state index in [1.54, 1.807) is 48.5 Å². The number of halogens is 3. The topological polar surface area (TPSA) is 58.6 Å². The number of rotatable bonds is 5. The number of carbonyl (C=O) groups excluding carboxylic acids is 2. The molecule has 212 valence electrons. The monoisotopic (exact) mass is 568 g/mol. The molecule has 0 fully saturated rings. The first-order chi connectivity index (χ1) is 20.3. The molecule has 2 atom stereocenters. The largest absolute Gasteiger partial charge is 0.489 e. The summed E-state index contributed by atoms with van der Waals surface area (Å²) in [5.74, 6) is -2.00. The number of ketones is 1. The molecule has 8 heteroatoms. The van der Waals surface area contributed by atoms with Crippen LogP contribution in [0.2, 0.25) is 0 Å². The molecular formula is C34H27F3N2O3. The van der Waals surface area contributed by atoms with Crippen molar-refractivity contribution in [1.82, 2.24) is 0 Å². The first-order valence-electron chi connectivity index (χ1n) is 13.6. The lowest BCUT2D eigenvalue weighted by molar-refractivity contribution is -0.170. The summed E-state index contributed by atoms with van der Waals surface area (Å²) < 4.78 is 48.4. The second kappa shape index (κ2) is 11.2. The fourth-order valence-corrected chi connectivity index (χ4v) is 5.81. The van der Waals surface area contributed by atoms with Gasteiger partial charge in [-0.1, -0.05) is 91.0 Å². The van der Waals surface area contributed by atoms with E-state index in [-0.39, 0.29) is 29.4 Å². The van der Waals surface area contributed by atoms with Crippen LogP contribution >= 0.6 is 0 Å². The van der Waals surface area contributed by atoms with Gasteiger partial charge in [0.2, 0.25) is 0 Å². The van der Waals surface area contributed by atoms with Gasteiger partial charge in [0.15, 0.2) is 5.78 Å². The van der Waals surface area contributed by atoms with Gasteiger partial charge in [-0.2, -0.15) is 13.2 Å². The fraction of sp³-hybridized carbons (Fsp3) is 0.176. The number of nitrogens with one attached hydrogen (secondary N) is 1. The van der Waals surface area contributed by atoms with Crippen molar-refractivity contribution in [2.45, 2.75) is 37.6 Å². The van der Waals surface area contributed by atoms with Crippen molar-refractivity contribution in [3.63, 3.8) is 0 Å². The molecule has 0 radical (unpaired) electrons. The molecule has 1 aliphatic carbocycles. The Hall–Kier alpha value is -4.85. The van der Waals surface area contributed by atoms with Crippen molar-refractivity contribution in [3.8, 4) is 5.75 Å². The van der Waals surface area contributed by atoms with Crippen molar-refractivity contribution in [2.75, 3.05) is 10.2 Å². The van der Waals surface area contributed by atoms with Gasteiger partial charge in [0.25, 0.3) is 0 Å².